The Bertz CT molecular complexity index is 684. The van der Waals surface area contributed by atoms with E-state index in [4.69, 9.17) is 0 Å². The van der Waals surface area contributed by atoms with Crippen molar-refractivity contribution in [2.24, 2.45) is 40.4 Å². The highest BCUT2D eigenvalue weighted by Gasteiger charge is 2.52. The summed E-state index contributed by atoms with van der Waals surface area (Å²) in [5.74, 6) is 4.03. The molecule has 29 heavy (non-hydrogen) atoms. The zero-order chi connectivity index (χ0) is 21.0. The van der Waals surface area contributed by atoms with Crippen molar-refractivity contribution in [2.45, 2.75) is 112 Å². The molecule has 0 aromatic rings. The van der Waals surface area contributed by atoms with Crippen LogP contribution in [0.4, 0.5) is 0 Å². The van der Waals surface area contributed by atoms with Crippen molar-refractivity contribution >= 4 is 0 Å². The van der Waals surface area contributed by atoms with E-state index in [0.29, 0.717) is 16.7 Å². The molecule has 0 spiro atoms. The molecule has 164 valence electrons. The maximum atomic E-state index is 10.2. The number of aliphatic hydroxyl groups is 1. The fraction of sp³-hybridized carbons (Fsp3) is 0.857. The monoisotopic (exact) mass is 398 g/mol. The Morgan fingerprint density at radius 2 is 1.76 bits per heavy atom. The molecule has 7 atom stereocenters. The number of fused-ring (bicyclic) bond motifs is 4. The summed E-state index contributed by atoms with van der Waals surface area (Å²) in [4.78, 5) is 0. The third kappa shape index (κ3) is 3.58. The highest BCUT2D eigenvalue weighted by atomic mass is 16.3. The van der Waals surface area contributed by atoms with Crippen molar-refractivity contribution in [1.29, 1.82) is 0 Å². The Balaban J connectivity index is 1.53. The molecule has 1 fully saturated rings. The van der Waals surface area contributed by atoms with Crippen LogP contribution < -0.4 is 0 Å². The van der Waals surface area contributed by atoms with Gasteiger partial charge in [0.05, 0.1) is 6.10 Å². The molecule has 0 aromatic heterocycles. The first kappa shape index (κ1) is 21.7. The van der Waals surface area contributed by atoms with Gasteiger partial charge in [0, 0.05) is 0 Å². The molecular weight excluding hydrogens is 352 g/mol. The third-order valence-electron chi connectivity index (χ3n) is 10.4. The lowest BCUT2D eigenvalue weighted by atomic mass is 9.51. The molecule has 3 unspecified atom stereocenters. The van der Waals surface area contributed by atoms with Crippen molar-refractivity contribution in [3.63, 3.8) is 0 Å². The van der Waals surface area contributed by atoms with Crippen LogP contribution in [0.3, 0.4) is 0 Å². The smallest absolute Gasteiger partial charge is 0.0543 e. The lowest BCUT2D eigenvalue weighted by Gasteiger charge is -2.54. The van der Waals surface area contributed by atoms with E-state index in [1.165, 1.54) is 51.4 Å². The van der Waals surface area contributed by atoms with Crippen molar-refractivity contribution in [2.75, 3.05) is 0 Å². The van der Waals surface area contributed by atoms with Crippen molar-refractivity contribution in [1.82, 2.24) is 0 Å². The first-order valence-electron chi connectivity index (χ1n) is 12.8. The highest BCUT2D eigenvalue weighted by Crippen LogP contribution is 2.64. The van der Waals surface area contributed by atoms with E-state index < -0.39 is 0 Å². The molecule has 0 radical (unpaired) electrons. The summed E-state index contributed by atoms with van der Waals surface area (Å²) >= 11 is 0. The van der Waals surface area contributed by atoms with Crippen LogP contribution in [0.15, 0.2) is 22.8 Å². The maximum Gasteiger partial charge on any atom is 0.0543 e. The van der Waals surface area contributed by atoms with E-state index in [1.807, 2.05) is 5.57 Å². The Hall–Kier alpha value is -0.560. The van der Waals surface area contributed by atoms with Crippen LogP contribution in [-0.2, 0) is 0 Å². The molecule has 0 amide bonds. The van der Waals surface area contributed by atoms with Crippen LogP contribution in [0.1, 0.15) is 106 Å². The van der Waals surface area contributed by atoms with E-state index in [9.17, 15) is 5.11 Å². The van der Waals surface area contributed by atoms with Crippen molar-refractivity contribution in [3.05, 3.63) is 22.8 Å². The maximum absolute atomic E-state index is 10.2. The first-order chi connectivity index (χ1) is 13.7. The summed E-state index contributed by atoms with van der Waals surface area (Å²) in [6, 6.07) is 0. The van der Waals surface area contributed by atoms with Crippen molar-refractivity contribution in [3.8, 4) is 0 Å². The van der Waals surface area contributed by atoms with Gasteiger partial charge in [-0.05, 0) is 103 Å². The van der Waals surface area contributed by atoms with Crippen LogP contribution >= 0.6 is 0 Å². The standard InChI is InChI=1S/C28H46O/c1-18(2)19(3)7-8-20(4)24-11-12-25-23-10-9-21-17-22(29)13-15-27(21,5)26(23)14-16-28(24,25)6/h12,18-22,24,29H,7-11,13-17H2,1-6H3/t19?,20-,21?,22+,24?,27+,28-/m1/s1. The largest absolute Gasteiger partial charge is 0.393 e. The zero-order valence-electron chi connectivity index (χ0n) is 20.1. The molecule has 1 heteroatoms. The average molecular weight is 399 g/mol. The SMILES string of the molecule is CC(C)C(C)CC[C@@H](C)C1CC=C2C3=C(CC[C@@]21C)[C@@]1(C)CC[C@H](O)CC1CC3. The van der Waals surface area contributed by atoms with E-state index in [0.717, 1.165) is 36.5 Å². The van der Waals surface area contributed by atoms with Crippen LogP contribution in [-0.4, -0.2) is 11.2 Å². The van der Waals surface area contributed by atoms with Gasteiger partial charge in [-0.25, -0.2) is 0 Å². The lowest BCUT2D eigenvalue weighted by molar-refractivity contribution is 0.0225. The van der Waals surface area contributed by atoms with Gasteiger partial charge in [-0.2, -0.15) is 0 Å². The Kier molecular flexibility index (Phi) is 5.86. The minimum atomic E-state index is -0.0479. The minimum absolute atomic E-state index is 0.0479. The fourth-order valence-corrected chi connectivity index (χ4v) is 7.79. The topological polar surface area (TPSA) is 20.2 Å². The van der Waals surface area contributed by atoms with E-state index >= 15 is 0 Å². The van der Waals surface area contributed by atoms with Gasteiger partial charge >= 0.3 is 0 Å². The second-order valence-electron chi connectivity index (χ2n) is 12.2. The molecule has 0 aliphatic heterocycles. The number of rotatable bonds is 5. The van der Waals surface area contributed by atoms with E-state index in [2.05, 4.69) is 47.6 Å². The van der Waals surface area contributed by atoms with Gasteiger partial charge in [0.15, 0.2) is 0 Å². The summed E-state index contributed by atoms with van der Waals surface area (Å²) in [5, 5.41) is 10.2. The second kappa shape index (κ2) is 7.85. The molecule has 4 rings (SSSR count). The number of allylic oxidation sites excluding steroid dienone is 4. The predicted octanol–water partition coefficient (Wildman–Crippen LogP) is 7.70. The third-order valence-corrected chi connectivity index (χ3v) is 10.4. The van der Waals surface area contributed by atoms with Gasteiger partial charge in [0.1, 0.15) is 0 Å². The van der Waals surface area contributed by atoms with E-state index in [1.54, 1.807) is 11.1 Å². The molecule has 1 N–H and O–H groups in total. The summed E-state index contributed by atoms with van der Waals surface area (Å²) in [6.45, 7) is 14.9. The fourth-order valence-electron chi connectivity index (χ4n) is 7.79. The first-order valence-corrected chi connectivity index (χ1v) is 12.8. The average Bonchev–Trinajstić information content (AvgIpc) is 3.03. The van der Waals surface area contributed by atoms with Gasteiger partial charge in [-0.1, -0.05) is 66.0 Å². The van der Waals surface area contributed by atoms with Gasteiger partial charge in [0.25, 0.3) is 0 Å². The summed E-state index contributed by atoms with van der Waals surface area (Å²) in [5.41, 5.74) is 6.13. The van der Waals surface area contributed by atoms with Gasteiger partial charge < -0.3 is 5.11 Å². The summed E-state index contributed by atoms with van der Waals surface area (Å²) in [6.07, 6.45) is 15.2. The summed E-state index contributed by atoms with van der Waals surface area (Å²) < 4.78 is 0. The second-order valence-corrected chi connectivity index (χ2v) is 12.2. The predicted molar refractivity (Wildman–Crippen MR) is 124 cm³/mol. The lowest BCUT2D eigenvalue weighted by Crippen LogP contribution is -2.44. The minimum Gasteiger partial charge on any atom is -0.393 e. The zero-order valence-corrected chi connectivity index (χ0v) is 20.1. The molecule has 0 heterocycles. The molecule has 0 bridgehead atoms. The molecule has 4 aliphatic carbocycles. The number of aliphatic hydroxyl groups excluding tert-OH is 1. The van der Waals surface area contributed by atoms with Gasteiger partial charge in [-0.15, -0.1) is 0 Å². The van der Waals surface area contributed by atoms with Crippen LogP contribution in [0.5, 0.6) is 0 Å². The number of hydrogen-bond donors (Lipinski definition) is 1. The Labute approximate surface area is 180 Å². The van der Waals surface area contributed by atoms with Gasteiger partial charge in [-0.3, -0.25) is 0 Å². The molecule has 0 aromatic carbocycles. The quantitative estimate of drug-likeness (QED) is 0.503. The normalized spacial score (nSPS) is 41.5. The van der Waals surface area contributed by atoms with Crippen LogP contribution in [0, 0.1) is 40.4 Å². The molecule has 0 saturated heterocycles. The summed E-state index contributed by atoms with van der Waals surface area (Å²) in [7, 11) is 0. The number of hydrogen-bond acceptors (Lipinski definition) is 1. The molecule has 1 nitrogen and oxygen atoms in total. The Morgan fingerprint density at radius 3 is 2.48 bits per heavy atom. The molecule has 1 saturated carbocycles. The Morgan fingerprint density at radius 1 is 1.00 bits per heavy atom. The van der Waals surface area contributed by atoms with Crippen LogP contribution in [0.25, 0.3) is 0 Å². The van der Waals surface area contributed by atoms with Crippen LogP contribution in [0.2, 0.25) is 0 Å². The van der Waals surface area contributed by atoms with E-state index in [-0.39, 0.29) is 6.10 Å². The highest BCUT2D eigenvalue weighted by molar-refractivity contribution is 5.49. The molecular formula is C28H46O. The van der Waals surface area contributed by atoms with Gasteiger partial charge in [0.2, 0.25) is 0 Å². The molecule has 4 aliphatic rings. The van der Waals surface area contributed by atoms with Crippen molar-refractivity contribution < 1.29 is 5.11 Å².